The van der Waals surface area contributed by atoms with Gasteiger partial charge in [-0.3, -0.25) is 9.58 Å². The Bertz CT molecular complexity index is 792. The molecule has 0 aliphatic carbocycles. The smallest absolute Gasteiger partial charge is 0.410 e. The van der Waals surface area contributed by atoms with Gasteiger partial charge in [-0.15, -0.1) is 0 Å². The van der Waals surface area contributed by atoms with Gasteiger partial charge in [0.25, 0.3) is 0 Å². The molecule has 0 N–H and O–H groups in total. The number of carbonyl (C=O) groups excluding carboxylic acids is 1. The lowest BCUT2D eigenvalue weighted by atomic mass is 10.0. The Hall–Kier alpha value is -2.54. The van der Waals surface area contributed by atoms with Crippen LogP contribution in [-0.2, 0) is 17.8 Å². The lowest BCUT2D eigenvalue weighted by Crippen LogP contribution is -2.37. The first-order valence-corrected chi connectivity index (χ1v) is 8.87. The van der Waals surface area contributed by atoms with Crippen molar-refractivity contribution in [3.8, 4) is 5.75 Å². The number of nitrogens with zero attached hydrogens (tertiary/aromatic N) is 4. The Morgan fingerprint density at radius 2 is 2.19 bits per heavy atom. The first-order valence-electron chi connectivity index (χ1n) is 8.87. The number of carbonyl (C=O) groups is 1. The molecule has 138 valence electrons. The highest BCUT2D eigenvalue weighted by molar-refractivity contribution is 5.70. The second-order valence-corrected chi connectivity index (χ2v) is 7.22. The van der Waals surface area contributed by atoms with E-state index in [2.05, 4.69) is 22.1 Å². The minimum atomic E-state index is -0.337. The maximum atomic E-state index is 11.7. The van der Waals surface area contributed by atoms with E-state index in [4.69, 9.17) is 9.47 Å². The highest BCUT2D eigenvalue weighted by Crippen LogP contribution is 2.32. The normalized spacial score (nSPS) is 23.0. The summed E-state index contributed by atoms with van der Waals surface area (Å²) in [5, 5.41) is 4.28. The van der Waals surface area contributed by atoms with Gasteiger partial charge >= 0.3 is 6.09 Å². The van der Waals surface area contributed by atoms with Gasteiger partial charge in [-0.2, -0.15) is 5.10 Å². The van der Waals surface area contributed by atoms with Crippen molar-refractivity contribution in [1.82, 2.24) is 19.6 Å². The van der Waals surface area contributed by atoms with Crippen LogP contribution in [0, 0.1) is 0 Å². The summed E-state index contributed by atoms with van der Waals surface area (Å²) in [6, 6.07) is 8.21. The first-order chi connectivity index (χ1) is 12.6. The number of ether oxygens (including phenoxy) is 2. The van der Waals surface area contributed by atoms with E-state index < -0.39 is 0 Å². The van der Waals surface area contributed by atoms with Crippen molar-refractivity contribution >= 4 is 6.09 Å². The largest absolute Gasteiger partial charge is 0.496 e. The quantitative estimate of drug-likeness (QED) is 0.820. The molecule has 1 spiro atoms. The molecule has 4 rings (SSSR count). The molecule has 0 saturated carbocycles. The fourth-order valence-corrected chi connectivity index (χ4v) is 3.95. The van der Waals surface area contributed by atoms with E-state index in [9.17, 15) is 4.79 Å². The van der Waals surface area contributed by atoms with Crippen molar-refractivity contribution in [2.45, 2.75) is 25.1 Å². The maximum absolute atomic E-state index is 11.7. The lowest BCUT2D eigenvalue weighted by molar-refractivity contribution is 0.0627. The summed E-state index contributed by atoms with van der Waals surface area (Å²) in [5.74, 6) is 0.869. The second-order valence-electron chi connectivity index (χ2n) is 7.22. The standard InChI is InChI=1S/C19H24N4O3/c1-21-13-19(26-18(21)24)6-9-22(14-19)11-15-4-5-17(25-2)16(10-15)12-23-8-3-7-20-23/h3-5,7-8,10H,6,9,11-14H2,1-2H3/t19-/m0/s1. The zero-order chi connectivity index (χ0) is 18.1. The van der Waals surface area contributed by atoms with Gasteiger partial charge in [0.15, 0.2) is 0 Å². The van der Waals surface area contributed by atoms with E-state index in [0.29, 0.717) is 13.1 Å². The summed E-state index contributed by atoms with van der Waals surface area (Å²) in [5.41, 5.74) is 1.99. The van der Waals surface area contributed by atoms with E-state index in [1.54, 1.807) is 25.3 Å². The van der Waals surface area contributed by atoms with Crippen LogP contribution in [0.1, 0.15) is 17.5 Å². The summed E-state index contributed by atoms with van der Waals surface area (Å²) in [6.45, 7) is 3.90. The number of aromatic nitrogens is 2. The van der Waals surface area contributed by atoms with E-state index >= 15 is 0 Å². The average Bonchev–Trinajstić information content (AvgIpc) is 3.31. The number of hydrogen-bond donors (Lipinski definition) is 0. The molecule has 1 atom stereocenters. The number of likely N-dealkylation sites (N-methyl/N-ethyl adjacent to an activating group) is 1. The molecule has 2 aliphatic rings. The van der Waals surface area contributed by atoms with Crippen molar-refractivity contribution in [2.24, 2.45) is 0 Å². The van der Waals surface area contributed by atoms with Crippen molar-refractivity contribution in [2.75, 3.05) is 33.8 Å². The molecule has 7 heteroatoms. The number of rotatable bonds is 5. The second kappa shape index (κ2) is 6.64. The van der Waals surface area contributed by atoms with Gasteiger partial charge in [-0.25, -0.2) is 4.79 Å². The van der Waals surface area contributed by atoms with Gasteiger partial charge in [0.05, 0.1) is 20.2 Å². The average molecular weight is 356 g/mol. The Morgan fingerprint density at radius 1 is 1.31 bits per heavy atom. The van der Waals surface area contributed by atoms with Gasteiger partial charge in [0.1, 0.15) is 11.4 Å². The van der Waals surface area contributed by atoms with Crippen LogP contribution < -0.4 is 4.74 Å². The first kappa shape index (κ1) is 16.9. The third-order valence-corrected chi connectivity index (χ3v) is 5.18. The van der Waals surface area contributed by atoms with Gasteiger partial charge in [-0.05, 0) is 23.8 Å². The lowest BCUT2D eigenvalue weighted by Gasteiger charge is -2.22. The Labute approximate surface area is 153 Å². The summed E-state index contributed by atoms with van der Waals surface area (Å²) < 4.78 is 13.0. The number of methoxy groups -OCH3 is 1. The number of likely N-dealkylation sites (tertiary alicyclic amines) is 1. The fraction of sp³-hybridized carbons (Fsp3) is 0.474. The van der Waals surface area contributed by atoms with Crippen molar-refractivity contribution in [3.05, 3.63) is 47.8 Å². The predicted molar refractivity (Wildman–Crippen MR) is 96.1 cm³/mol. The molecule has 1 aromatic heterocycles. The third kappa shape index (κ3) is 3.26. The van der Waals surface area contributed by atoms with Gasteiger partial charge in [-0.1, -0.05) is 6.07 Å². The molecule has 0 radical (unpaired) electrons. The van der Waals surface area contributed by atoms with E-state index in [0.717, 1.165) is 37.4 Å². The molecule has 0 bridgehead atoms. The third-order valence-electron chi connectivity index (χ3n) is 5.18. The molecule has 2 saturated heterocycles. The molecule has 1 amide bonds. The molecule has 7 nitrogen and oxygen atoms in total. The molecule has 2 fully saturated rings. The monoisotopic (exact) mass is 356 g/mol. The van der Waals surface area contributed by atoms with Crippen LogP contribution in [0.2, 0.25) is 0 Å². The molecular formula is C19H24N4O3. The Balaban J connectivity index is 1.46. The zero-order valence-electron chi connectivity index (χ0n) is 15.2. The van der Waals surface area contributed by atoms with Crippen LogP contribution >= 0.6 is 0 Å². The highest BCUT2D eigenvalue weighted by Gasteiger charge is 2.48. The predicted octanol–water partition coefficient (Wildman–Crippen LogP) is 1.97. The Kier molecular flexibility index (Phi) is 4.32. The fourth-order valence-electron chi connectivity index (χ4n) is 3.95. The van der Waals surface area contributed by atoms with Crippen LogP contribution in [0.5, 0.6) is 5.75 Å². The van der Waals surface area contributed by atoms with Crippen LogP contribution in [0.4, 0.5) is 4.79 Å². The van der Waals surface area contributed by atoms with E-state index in [1.807, 2.05) is 23.0 Å². The molecule has 1 aromatic carbocycles. The summed E-state index contributed by atoms with van der Waals surface area (Å²) >= 11 is 0. The SMILES string of the molecule is COc1ccc(CN2CC[C@@]3(C2)CN(C)C(=O)O3)cc1Cn1cccn1. The molecule has 2 aromatic rings. The number of benzene rings is 1. The maximum Gasteiger partial charge on any atom is 0.410 e. The van der Waals surface area contributed by atoms with Crippen LogP contribution in [-0.4, -0.2) is 65.1 Å². The van der Waals surface area contributed by atoms with E-state index in [1.165, 1.54) is 5.56 Å². The topological polar surface area (TPSA) is 59.8 Å². The molecular weight excluding hydrogens is 332 g/mol. The zero-order valence-corrected chi connectivity index (χ0v) is 15.2. The Morgan fingerprint density at radius 3 is 2.88 bits per heavy atom. The molecule has 0 unspecified atom stereocenters. The van der Waals surface area contributed by atoms with Gasteiger partial charge in [0, 0.05) is 51.1 Å². The summed E-state index contributed by atoms with van der Waals surface area (Å²) in [4.78, 5) is 15.7. The van der Waals surface area contributed by atoms with E-state index in [-0.39, 0.29) is 11.7 Å². The molecule has 26 heavy (non-hydrogen) atoms. The highest BCUT2D eigenvalue weighted by atomic mass is 16.6. The van der Waals surface area contributed by atoms with Crippen LogP contribution in [0.25, 0.3) is 0 Å². The van der Waals surface area contributed by atoms with Crippen molar-refractivity contribution in [1.29, 1.82) is 0 Å². The van der Waals surface area contributed by atoms with Crippen LogP contribution in [0.3, 0.4) is 0 Å². The number of hydrogen-bond acceptors (Lipinski definition) is 5. The minimum Gasteiger partial charge on any atom is -0.496 e. The number of amides is 1. The van der Waals surface area contributed by atoms with Crippen molar-refractivity contribution < 1.29 is 14.3 Å². The van der Waals surface area contributed by atoms with Crippen LogP contribution in [0.15, 0.2) is 36.7 Å². The van der Waals surface area contributed by atoms with Crippen molar-refractivity contribution in [3.63, 3.8) is 0 Å². The van der Waals surface area contributed by atoms with Gasteiger partial charge < -0.3 is 14.4 Å². The molecule has 3 heterocycles. The summed E-state index contributed by atoms with van der Waals surface area (Å²) in [7, 11) is 3.49. The molecule has 2 aliphatic heterocycles. The minimum absolute atomic E-state index is 0.210. The van der Waals surface area contributed by atoms with Gasteiger partial charge in [0.2, 0.25) is 0 Å². The summed E-state index contributed by atoms with van der Waals surface area (Å²) in [6.07, 6.45) is 4.40.